The third-order valence-corrected chi connectivity index (χ3v) is 2.74. The quantitative estimate of drug-likeness (QED) is 0.771. The van der Waals surface area contributed by atoms with E-state index >= 15 is 0 Å². The van der Waals surface area contributed by atoms with E-state index in [2.05, 4.69) is 4.98 Å². The Morgan fingerprint density at radius 1 is 1.54 bits per heavy atom. The van der Waals surface area contributed by atoms with E-state index in [9.17, 15) is 0 Å². The number of hydrogen-bond acceptors (Lipinski definition) is 3. The topological polar surface area (TPSA) is 52.0 Å². The Morgan fingerprint density at radius 3 is 2.85 bits per heavy atom. The molecule has 0 saturated heterocycles. The van der Waals surface area contributed by atoms with E-state index < -0.39 is 0 Å². The van der Waals surface area contributed by atoms with E-state index in [1.807, 2.05) is 6.92 Å². The van der Waals surface area contributed by atoms with Crippen LogP contribution < -0.4 is 5.73 Å². The lowest BCUT2D eigenvalue weighted by Gasteiger charge is -2.21. The Hall–Kier alpha value is -0.830. The van der Waals surface area contributed by atoms with Crippen LogP contribution in [0.3, 0.4) is 0 Å². The maximum Gasteiger partial charge on any atom is 0.197 e. The minimum absolute atomic E-state index is 0.588. The van der Waals surface area contributed by atoms with Gasteiger partial charge >= 0.3 is 0 Å². The molecule has 0 aliphatic heterocycles. The molecule has 0 amide bonds. The Morgan fingerprint density at radius 2 is 2.31 bits per heavy atom. The first-order chi connectivity index (χ1) is 6.31. The molecule has 0 unspecified atom stereocenters. The molecule has 1 aliphatic carbocycles. The molecular weight excluding hydrogens is 164 g/mol. The fraction of sp³-hybridized carbons (Fsp3) is 0.700. The van der Waals surface area contributed by atoms with Crippen LogP contribution in [-0.2, 0) is 6.42 Å². The summed E-state index contributed by atoms with van der Waals surface area (Å²) in [6, 6.07) is 0. The predicted molar refractivity (Wildman–Crippen MR) is 50.6 cm³/mol. The van der Waals surface area contributed by atoms with Gasteiger partial charge in [-0.05, 0) is 26.3 Å². The molecule has 0 atom stereocenters. The maximum absolute atomic E-state index is 5.60. The first kappa shape index (κ1) is 8.75. The van der Waals surface area contributed by atoms with Crippen LogP contribution in [0.4, 0.5) is 0 Å². The Labute approximate surface area is 78.3 Å². The molecule has 0 aromatic carbocycles. The van der Waals surface area contributed by atoms with Gasteiger partial charge in [0.2, 0.25) is 0 Å². The zero-order chi connectivity index (χ0) is 9.26. The van der Waals surface area contributed by atoms with Gasteiger partial charge in [0, 0.05) is 12.3 Å². The largest absolute Gasteiger partial charge is 0.445 e. The molecule has 1 saturated carbocycles. The van der Waals surface area contributed by atoms with Gasteiger partial charge in [0.05, 0.1) is 5.69 Å². The van der Waals surface area contributed by atoms with Crippen molar-refractivity contribution in [3.8, 4) is 0 Å². The van der Waals surface area contributed by atoms with E-state index in [1.165, 1.54) is 19.3 Å². The maximum atomic E-state index is 5.60. The van der Waals surface area contributed by atoms with E-state index in [1.54, 1.807) is 0 Å². The van der Waals surface area contributed by atoms with Gasteiger partial charge in [0.25, 0.3) is 0 Å². The van der Waals surface area contributed by atoms with Crippen LogP contribution in [-0.4, -0.2) is 11.5 Å². The number of aromatic nitrogens is 1. The molecule has 3 nitrogen and oxygen atoms in total. The molecule has 2 rings (SSSR count). The minimum atomic E-state index is 0.588. The van der Waals surface area contributed by atoms with Crippen molar-refractivity contribution < 1.29 is 4.42 Å². The first-order valence-corrected chi connectivity index (χ1v) is 4.97. The summed E-state index contributed by atoms with van der Waals surface area (Å²) < 4.78 is 5.60. The fourth-order valence-corrected chi connectivity index (χ4v) is 1.65. The highest BCUT2D eigenvalue weighted by Crippen LogP contribution is 2.36. The summed E-state index contributed by atoms with van der Waals surface area (Å²) >= 11 is 0. The van der Waals surface area contributed by atoms with Crippen molar-refractivity contribution in [3.63, 3.8) is 0 Å². The molecule has 1 fully saturated rings. The highest BCUT2D eigenvalue weighted by atomic mass is 16.4. The molecule has 2 N–H and O–H groups in total. The summed E-state index contributed by atoms with van der Waals surface area (Å²) in [4.78, 5) is 4.47. The second kappa shape index (κ2) is 3.50. The third-order valence-electron chi connectivity index (χ3n) is 2.74. The molecule has 0 spiro atoms. The lowest BCUT2D eigenvalue weighted by molar-refractivity contribution is 0.329. The average Bonchev–Trinajstić information content (AvgIpc) is 2.30. The molecule has 1 aromatic rings. The van der Waals surface area contributed by atoms with Crippen molar-refractivity contribution in [2.75, 3.05) is 6.54 Å². The fourth-order valence-electron chi connectivity index (χ4n) is 1.65. The molecule has 1 aromatic heterocycles. The third kappa shape index (κ3) is 1.61. The van der Waals surface area contributed by atoms with E-state index in [0.29, 0.717) is 12.5 Å². The van der Waals surface area contributed by atoms with Crippen LogP contribution in [0.2, 0.25) is 0 Å². The zero-order valence-electron chi connectivity index (χ0n) is 8.05. The summed E-state index contributed by atoms with van der Waals surface area (Å²) in [5.41, 5.74) is 6.53. The van der Waals surface area contributed by atoms with Gasteiger partial charge in [-0.3, -0.25) is 0 Å². The Kier molecular flexibility index (Phi) is 2.36. The number of hydrogen-bond donors (Lipinski definition) is 1. The first-order valence-electron chi connectivity index (χ1n) is 4.97. The van der Waals surface area contributed by atoms with Crippen LogP contribution in [0.25, 0.3) is 0 Å². The summed E-state index contributed by atoms with van der Waals surface area (Å²) in [6.45, 7) is 2.62. The standard InChI is InChI=1S/C10H16N2O/c1-7-9(5-6-11)12-10(13-7)8-3-2-4-8/h8H,2-6,11H2,1H3. The molecule has 1 heterocycles. The molecule has 0 bridgehead atoms. The summed E-state index contributed by atoms with van der Waals surface area (Å²) in [5, 5.41) is 0. The highest BCUT2D eigenvalue weighted by Gasteiger charge is 2.25. The monoisotopic (exact) mass is 180 g/mol. The number of oxazole rings is 1. The van der Waals surface area contributed by atoms with E-state index in [4.69, 9.17) is 10.2 Å². The van der Waals surface area contributed by atoms with Crippen molar-refractivity contribution in [2.24, 2.45) is 5.73 Å². The van der Waals surface area contributed by atoms with Crippen LogP contribution in [0.5, 0.6) is 0 Å². The molecule has 1 aliphatic rings. The minimum Gasteiger partial charge on any atom is -0.445 e. The number of nitrogens with zero attached hydrogens (tertiary/aromatic N) is 1. The van der Waals surface area contributed by atoms with Crippen molar-refractivity contribution in [1.29, 1.82) is 0 Å². The summed E-state index contributed by atoms with van der Waals surface area (Å²) in [6.07, 6.45) is 4.63. The van der Waals surface area contributed by atoms with Crippen molar-refractivity contribution in [1.82, 2.24) is 4.98 Å². The van der Waals surface area contributed by atoms with Gasteiger partial charge in [-0.25, -0.2) is 4.98 Å². The van der Waals surface area contributed by atoms with Crippen LogP contribution in [0.15, 0.2) is 4.42 Å². The van der Waals surface area contributed by atoms with E-state index in [-0.39, 0.29) is 0 Å². The van der Waals surface area contributed by atoms with Gasteiger partial charge in [0.15, 0.2) is 5.89 Å². The smallest absolute Gasteiger partial charge is 0.197 e. The van der Waals surface area contributed by atoms with Gasteiger partial charge < -0.3 is 10.2 Å². The van der Waals surface area contributed by atoms with Crippen molar-refractivity contribution in [3.05, 3.63) is 17.3 Å². The predicted octanol–water partition coefficient (Wildman–Crippen LogP) is 1.75. The van der Waals surface area contributed by atoms with Gasteiger partial charge in [-0.2, -0.15) is 0 Å². The van der Waals surface area contributed by atoms with Crippen LogP contribution in [0.1, 0.15) is 42.5 Å². The summed E-state index contributed by atoms with van der Waals surface area (Å²) in [7, 11) is 0. The highest BCUT2D eigenvalue weighted by molar-refractivity contribution is 5.11. The van der Waals surface area contributed by atoms with Crippen molar-refractivity contribution in [2.45, 2.75) is 38.5 Å². The molecular formula is C10H16N2O. The number of rotatable bonds is 3. The van der Waals surface area contributed by atoms with E-state index in [0.717, 1.165) is 23.8 Å². The lowest BCUT2D eigenvalue weighted by atomic mass is 9.85. The van der Waals surface area contributed by atoms with Gasteiger partial charge in [-0.1, -0.05) is 6.42 Å². The zero-order valence-corrected chi connectivity index (χ0v) is 8.05. The summed E-state index contributed by atoms with van der Waals surface area (Å²) in [5.74, 6) is 2.48. The Balaban J connectivity index is 2.14. The van der Waals surface area contributed by atoms with Crippen LogP contribution >= 0.6 is 0 Å². The second-order valence-corrected chi connectivity index (χ2v) is 3.72. The normalized spacial score (nSPS) is 17.4. The number of aryl methyl sites for hydroxylation is 1. The lowest BCUT2D eigenvalue weighted by Crippen LogP contribution is -2.09. The van der Waals surface area contributed by atoms with Crippen molar-refractivity contribution >= 4 is 0 Å². The van der Waals surface area contributed by atoms with Gasteiger partial charge in [0.1, 0.15) is 5.76 Å². The molecule has 0 radical (unpaired) electrons. The van der Waals surface area contributed by atoms with Gasteiger partial charge in [-0.15, -0.1) is 0 Å². The number of nitrogens with two attached hydrogens (primary N) is 1. The molecule has 72 valence electrons. The second-order valence-electron chi connectivity index (χ2n) is 3.72. The molecule has 3 heteroatoms. The SMILES string of the molecule is Cc1oc(C2CCC2)nc1CCN. The van der Waals surface area contributed by atoms with Crippen LogP contribution in [0, 0.1) is 6.92 Å². The molecule has 13 heavy (non-hydrogen) atoms. The average molecular weight is 180 g/mol. The Bertz CT molecular complexity index is 289.